The van der Waals surface area contributed by atoms with Crippen LogP contribution < -0.4 is 20.9 Å². The van der Waals surface area contributed by atoms with E-state index in [4.69, 9.17) is 17.0 Å². The molecule has 9 heteroatoms. The number of carbonyl (C=O) groups excluding carboxylic acids is 2. The Morgan fingerprint density at radius 1 is 1.12 bits per heavy atom. The molecule has 0 fully saturated rings. The number of benzene rings is 2. The summed E-state index contributed by atoms with van der Waals surface area (Å²) >= 11 is 10.4. The second-order valence-corrected chi connectivity index (χ2v) is 7.12. The predicted molar refractivity (Wildman–Crippen MR) is 111 cm³/mol. The molecule has 0 saturated carbocycles. The largest absolute Gasteiger partial charge is 0.496 e. The van der Waals surface area contributed by atoms with Crippen LogP contribution in [0.5, 0.6) is 5.75 Å². The number of thiocarbonyl (C=S) groups is 1. The lowest BCUT2D eigenvalue weighted by atomic mass is 10.2. The van der Waals surface area contributed by atoms with E-state index in [1.54, 1.807) is 30.3 Å². The maximum Gasteiger partial charge on any atom is 0.270 e. The summed E-state index contributed by atoms with van der Waals surface area (Å²) in [5, 5.41) is 2.47. The van der Waals surface area contributed by atoms with Crippen molar-refractivity contribution in [1.82, 2.24) is 16.2 Å². The summed E-state index contributed by atoms with van der Waals surface area (Å²) in [5.74, 6) is -0.153. The molecule has 0 aliphatic heterocycles. The van der Waals surface area contributed by atoms with Crippen molar-refractivity contribution < 1.29 is 14.3 Å². The molecule has 0 spiro atoms. The van der Waals surface area contributed by atoms with Gasteiger partial charge >= 0.3 is 0 Å². The number of ether oxygens (including phenoxy) is 1. The minimum absolute atomic E-state index is 0.0174. The fourth-order valence-corrected chi connectivity index (χ4v) is 3.16. The van der Waals surface area contributed by atoms with Crippen LogP contribution in [0.15, 0.2) is 46.9 Å². The van der Waals surface area contributed by atoms with E-state index in [1.807, 2.05) is 12.1 Å². The maximum atomic E-state index is 12.2. The number of methoxy groups -OCH3 is 1. The first-order chi connectivity index (χ1) is 11.9. The lowest BCUT2D eigenvalue weighted by molar-refractivity contribution is 0.0934. The molecule has 0 unspecified atom stereocenters. The van der Waals surface area contributed by atoms with Crippen LogP contribution in [0.4, 0.5) is 0 Å². The summed E-state index contributed by atoms with van der Waals surface area (Å²) in [6.07, 6.45) is 0. The fourth-order valence-electron chi connectivity index (χ4n) is 1.84. The Morgan fingerprint density at radius 3 is 2.48 bits per heavy atom. The molecule has 130 valence electrons. The van der Waals surface area contributed by atoms with Crippen LogP contribution in [-0.4, -0.2) is 24.0 Å². The summed E-state index contributed by atoms with van der Waals surface area (Å²) < 4.78 is 6.56. The van der Waals surface area contributed by atoms with E-state index in [1.165, 1.54) is 7.11 Å². The normalized spacial score (nSPS) is 9.88. The molecule has 0 bridgehead atoms. The lowest BCUT2D eigenvalue weighted by Crippen LogP contribution is -2.48. The SMILES string of the molecule is COc1ccc(C(=O)NC(=S)NNC(=O)c2ccccc2I)cc1Br. The van der Waals surface area contributed by atoms with Crippen LogP contribution >= 0.6 is 50.7 Å². The van der Waals surface area contributed by atoms with Gasteiger partial charge in [0.15, 0.2) is 5.11 Å². The number of carbonyl (C=O) groups is 2. The third-order valence-corrected chi connectivity index (χ3v) is 4.81. The van der Waals surface area contributed by atoms with Crippen molar-refractivity contribution in [2.75, 3.05) is 7.11 Å². The number of halogens is 2. The molecule has 0 aliphatic carbocycles. The van der Waals surface area contributed by atoms with Crippen molar-refractivity contribution in [3.05, 3.63) is 61.6 Å². The number of nitrogens with one attached hydrogen (secondary N) is 3. The van der Waals surface area contributed by atoms with Gasteiger partial charge in [0.1, 0.15) is 5.75 Å². The lowest BCUT2D eigenvalue weighted by Gasteiger charge is -2.12. The molecule has 0 heterocycles. The van der Waals surface area contributed by atoms with Gasteiger partial charge in [-0.2, -0.15) is 0 Å². The van der Waals surface area contributed by atoms with Gasteiger partial charge in [-0.25, -0.2) is 0 Å². The third-order valence-electron chi connectivity index (χ3n) is 3.05. The van der Waals surface area contributed by atoms with Crippen LogP contribution in [0.1, 0.15) is 20.7 Å². The van der Waals surface area contributed by atoms with Gasteiger partial charge in [-0.05, 0) is 81.1 Å². The molecule has 2 aromatic carbocycles. The van der Waals surface area contributed by atoms with Crippen molar-refractivity contribution >= 4 is 67.7 Å². The van der Waals surface area contributed by atoms with Crippen LogP contribution in [0, 0.1) is 3.57 Å². The van der Waals surface area contributed by atoms with Crippen molar-refractivity contribution in [2.45, 2.75) is 0 Å². The molecule has 0 radical (unpaired) electrons. The Morgan fingerprint density at radius 2 is 1.84 bits per heavy atom. The zero-order chi connectivity index (χ0) is 18.4. The van der Waals surface area contributed by atoms with Crippen molar-refractivity contribution in [3.63, 3.8) is 0 Å². The number of hydrogen-bond donors (Lipinski definition) is 3. The monoisotopic (exact) mass is 533 g/mol. The molecule has 0 atom stereocenters. The van der Waals surface area contributed by atoms with Gasteiger partial charge in [-0.3, -0.25) is 25.8 Å². The minimum Gasteiger partial charge on any atom is -0.496 e. The molecule has 0 aliphatic rings. The van der Waals surface area contributed by atoms with Crippen LogP contribution in [0.2, 0.25) is 0 Å². The molecule has 3 N–H and O–H groups in total. The smallest absolute Gasteiger partial charge is 0.270 e. The number of hydrazine groups is 1. The topological polar surface area (TPSA) is 79.5 Å². The van der Waals surface area contributed by atoms with E-state index in [2.05, 4.69) is 54.7 Å². The average molecular weight is 534 g/mol. The summed E-state index contributed by atoms with van der Waals surface area (Å²) in [5.41, 5.74) is 5.85. The zero-order valence-electron chi connectivity index (χ0n) is 12.9. The van der Waals surface area contributed by atoms with Crippen LogP contribution in [-0.2, 0) is 0 Å². The second-order valence-electron chi connectivity index (χ2n) is 4.69. The predicted octanol–water partition coefficient (Wildman–Crippen LogP) is 3.01. The van der Waals surface area contributed by atoms with Crippen LogP contribution in [0.25, 0.3) is 0 Å². The van der Waals surface area contributed by atoms with E-state index < -0.39 is 5.91 Å². The van der Waals surface area contributed by atoms with Crippen molar-refractivity contribution in [3.8, 4) is 5.75 Å². The Hall–Kier alpha value is -1.72. The number of amides is 2. The van der Waals surface area contributed by atoms with E-state index in [-0.39, 0.29) is 11.0 Å². The molecule has 25 heavy (non-hydrogen) atoms. The van der Waals surface area contributed by atoms with Gasteiger partial charge in [0.05, 0.1) is 17.1 Å². The molecule has 6 nitrogen and oxygen atoms in total. The first-order valence-corrected chi connectivity index (χ1v) is 9.20. The Labute approximate surface area is 171 Å². The maximum absolute atomic E-state index is 12.2. The van der Waals surface area contributed by atoms with Gasteiger partial charge in [0.25, 0.3) is 11.8 Å². The summed E-state index contributed by atoms with van der Waals surface area (Å²) in [4.78, 5) is 24.2. The van der Waals surface area contributed by atoms with E-state index in [0.29, 0.717) is 21.3 Å². The highest BCUT2D eigenvalue weighted by Gasteiger charge is 2.12. The number of hydrogen-bond acceptors (Lipinski definition) is 4. The molecule has 2 aromatic rings. The Bertz CT molecular complexity index is 832. The highest BCUT2D eigenvalue weighted by Crippen LogP contribution is 2.25. The van der Waals surface area contributed by atoms with Crippen LogP contribution in [0.3, 0.4) is 0 Å². The summed E-state index contributed by atoms with van der Waals surface area (Å²) in [7, 11) is 1.54. The quantitative estimate of drug-likeness (QED) is 0.321. The standard InChI is InChI=1S/C16H13BrIN3O3S/c1-24-13-7-6-9(8-11(13)17)14(22)19-16(25)21-20-15(23)10-4-2-3-5-12(10)18/h2-8H,1H3,(H,20,23)(H2,19,21,22,25). The summed E-state index contributed by atoms with van der Waals surface area (Å²) in [6, 6.07) is 12.0. The van der Waals surface area contributed by atoms with Gasteiger partial charge in [0, 0.05) is 9.13 Å². The zero-order valence-corrected chi connectivity index (χ0v) is 17.5. The third kappa shape index (κ3) is 5.38. The Balaban J connectivity index is 1.92. The molecule has 0 aromatic heterocycles. The fraction of sp³-hybridized carbons (Fsp3) is 0.0625. The molecular formula is C16H13BrIN3O3S. The van der Waals surface area contributed by atoms with Gasteiger partial charge in [-0.1, -0.05) is 12.1 Å². The van der Waals surface area contributed by atoms with Crippen molar-refractivity contribution in [2.24, 2.45) is 0 Å². The molecular weight excluding hydrogens is 521 g/mol. The Kier molecular flexibility index (Phi) is 7.14. The highest BCUT2D eigenvalue weighted by molar-refractivity contribution is 14.1. The van der Waals surface area contributed by atoms with E-state index >= 15 is 0 Å². The molecule has 2 amide bonds. The van der Waals surface area contributed by atoms with Gasteiger partial charge in [0.2, 0.25) is 0 Å². The van der Waals surface area contributed by atoms with Gasteiger partial charge < -0.3 is 4.74 Å². The minimum atomic E-state index is -0.413. The average Bonchev–Trinajstić information content (AvgIpc) is 2.60. The second kappa shape index (κ2) is 9.11. The highest BCUT2D eigenvalue weighted by atomic mass is 127. The number of rotatable bonds is 3. The van der Waals surface area contributed by atoms with E-state index in [0.717, 1.165) is 3.57 Å². The first-order valence-electron chi connectivity index (χ1n) is 6.92. The molecule has 0 saturated heterocycles. The van der Waals surface area contributed by atoms with E-state index in [9.17, 15) is 9.59 Å². The van der Waals surface area contributed by atoms with Crippen molar-refractivity contribution in [1.29, 1.82) is 0 Å². The van der Waals surface area contributed by atoms with Gasteiger partial charge in [-0.15, -0.1) is 0 Å². The molecule has 2 rings (SSSR count). The summed E-state index contributed by atoms with van der Waals surface area (Å²) in [6.45, 7) is 0. The first kappa shape index (κ1) is 19.6.